The number of fused-ring (bicyclic) bond motifs is 1. The smallest absolute Gasteiger partial charge is 0.248 e. The first-order valence-electron chi connectivity index (χ1n) is 5.94. The van der Waals surface area contributed by atoms with E-state index in [0.29, 0.717) is 28.0 Å². The van der Waals surface area contributed by atoms with Gasteiger partial charge in [-0.2, -0.15) is 0 Å². The molecule has 0 spiro atoms. The highest BCUT2D eigenvalue weighted by Crippen LogP contribution is 2.30. The van der Waals surface area contributed by atoms with Crippen LogP contribution in [0.4, 0.5) is 0 Å². The highest BCUT2D eigenvalue weighted by atomic mass is 16.5. The van der Waals surface area contributed by atoms with Crippen LogP contribution in [-0.2, 0) is 0 Å². The van der Waals surface area contributed by atoms with E-state index in [0.717, 1.165) is 11.7 Å². The fourth-order valence-corrected chi connectivity index (χ4v) is 2.10. The van der Waals surface area contributed by atoms with Gasteiger partial charge in [0.2, 0.25) is 5.91 Å². The van der Waals surface area contributed by atoms with Gasteiger partial charge < -0.3 is 10.3 Å². The highest BCUT2D eigenvalue weighted by molar-refractivity contribution is 6.01. The van der Waals surface area contributed by atoms with Crippen molar-refractivity contribution in [2.24, 2.45) is 5.73 Å². The van der Waals surface area contributed by atoms with Crippen LogP contribution in [0.2, 0.25) is 0 Å². The lowest BCUT2D eigenvalue weighted by Gasteiger charge is -2.00. The summed E-state index contributed by atoms with van der Waals surface area (Å²) >= 11 is 0. The lowest BCUT2D eigenvalue weighted by atomic mass is 10.0. The van der Waals surface area contributed by atoms with Gasteiger partial charge in [0.1, 0.15) is 5.69 Å². The summed E-state index contributed by atoms with van der Waals surface area (Å²) in [6.45, 7) is 0. The Kier molecular flexibility index (Phi) is 2.80. The predicted molar refractivity (Wildman–Crippen MR) is 73.4 cm³/mol. The lowest BCUT2D eigenvalue weighted by Crippen LogP contribution is -2.10. The summed E-state index contributed by atoms with van der Waals surface area (Å²) in [5.41, 5.74) is 7.81. The molecule has 2 aromatic carbocycles. The van der Waals surface area contributed by atoms with E-state index in [1.54, 1.807) is 30.3 Å². The number of aldehydes is 1. The molecule has 98 valence electrons. The number of nitrogens with two attached hydrogens (primary N) is 1. The second-order valence-corrected chi connectivity index (χ2v) is 4.31. The molecule has 3 rings (SSSR count). The first-order chi connectivity index (χ1) is 9.70. The van der Waals surface area contributed by atoms with Gasteiger partial charge >= 0.3 is 0 Å². The number of aromatic nitrogens is 1. The Morgan fingerprint density at radius 3 is 2.75 bits per heavy atom. The first kappa shape index (κ1) is 12.1. The van der Waals surface area contributed by atoms with Crippen molar-refractivity contribution in [3.63, 3.8) is 0 Å². The van der Waals surface area contributed by atoms with E-state index in [1.807, 2.05) is 6.07 Å². The Morgan fingerprint density at radius 2 is 2.00 bits per heavy atom. The van der Waals surface area contributed by atoms with Crippen molar-refractivity contribution in [3.8, 4) is 11.3 Å². The summed E-state index contributed by atoms with van der Waals surface area (Å²) < 4.78 is 5.22. The molecular formula is C15H10N2O3. The Bertz CT molecular complexity index is 821. The zero-order chi connectivity index (χ0) is 14.1. The number of primary amides is 1. The van der Waals surface area contributed by atoms with Crippen molar-refractivity contribution in [2.75, 3.05) is 0 Å². The van der Waals surface area contributed by atoms with Crippen LogP contribution in [0.5, 0.6) is 0 Å². The molecule has 0 bridgehead atoms. The third-order valence-corrected chi connectivity index (χ3v) is 3.10. The van der Waals surface area contributed by atoms with E-state index in [4.69, 9.17) is 10.3 Å². The molecule has 0 saturated heterocycles. The standard InChI is InChI=1S/C15H10N2O3/c16-15(19)9-5-6-12-13(7-9)20-17-14(12)11-4-2-1-3-10(11)8-18/h1-8H,(H2,16,19). The molecule has 5 heteroatoms. The molecule has 0 radical (unpaired) electrons. The predicted octanol–water partition coefficient (Wildman–Crippen LogP) is 2.41. The molecule has 0 aliphatic rings. The zero-order valence-corrected chi connectivity index (χ0v) is 10.4. The number of rotatable bonds is 3. The second-order valence-electron chi connectivity index (χ2n) is 4.31. The maximum atomic E-state index is 11.1. The Balaban J connectivity index is 2.23. The average Bonchev–Trinajstić information content (AvgIpc) is 2.89. The van der Waals surface area contributed by atoms with Gasteiger partial charge in [-0.05, 0) is 18.2 Å². The van der Waals surface area contributed by atoms with Crippen LogP contribution < -0.4 is 5.73 Å². The number of benzene rings is 2. The number of nitrogens with zero attached hydrogens (tertiary/aromatic N) is 1. The van der Waals surface area contributed by atoms with E-state index in [-0.39, 0.29) is 0 Å². The summed E-state index contributed by atoms with van der Waals surface area (Å²) in [5.74, 6) is -0.529. The minimum Gasteiger partial charge on any atom is -0.366 e. The summed E-state index contributed by atoms with van der Waals surface area (Å²) in [5, 5.41) is 4.71. The fourth-order valence-electron chi connectivity index (χ4n) is 2.10. The molecule has 1 amide bonds. The van der Waals surface area contributed by atoms with Crippen molar-refractivity contribution >= 4 is 23.2 Å². The molecule has 0 fully saturated rings. The molecule has 0 atom stereocenters. The number of carbonyl (C=O) groups excluding carboxylic acids is 2. The quantitative estimate of drug-likeness (QED) is 0.737. The van der Waals surface area contributed by atoms with Gasteiger partial charge in [0.25, 0.3) is 0 Å². The number of amides is 1. The maximum Gasteiger partial charge on any atom is 0.248 e. The third kappa shape index (κ3) is 1.85. The van der Waals surface area contributed by atoms with E-state index in [9.17, 15) is 9.59 Å². The van der Waals surface area contributed by atoms with E-state index in [2.05, 4.69) is 5.16 Å². The largest absolute Gasteiger partial charge is 0.366 e. The van der Waals surface area contributed by atoms with Crippen molar-refractivity contribution in [1.29, 1.82) is 0 Å². The minimum absolute atomic E-state index is 0.351. The van der Waals surface area contributed by atoms with Gasteiger partial charge in [0.15, 0.2) is 11.9 Å². The van der Waals surface area contributed by atoms with Crippen LogP contribution in [0.3, 0.4) is 0 Å². The SMILES string of the molecule is NC(=O)c1ccc2c(-c3ccccc3C=O)noc2c1. The Labute approximate surface area is 114 Å². The zero-order valence-electron chi connectivity index (χ0n) is 10.4. The van der Waals surface area contributed by atoms with Crippen LogP contribution in [0.1, 0.15) is 20.7 Å². The average molecular weight is 266 g/mol. The molecule has 20 heavy (non-hydrogen) atoms. The van der Waals surface area contributed by atoms with Crippen molar-refractivity contribution < 1.29 is 14.1 Å². The molecule has 0 saturated carbocycles. The molecule has 3 aromatic rings. The molecule has 0 aliphatic heterocycles. The van der Waals surface area contributed by atoms with Crippen molar-refractivity contribution in [1.82, 2.24) is 5.16 Å². The van der Waals surface area contributed by atoms with Gasteiger partial charge in [-0.3, -0.25) is 9.59 Å². The maximum absolute atomic E-state index is 11.1. The monoisotopic (exact) mass is 266 g/mol. The number of hydrogen-bond donors (Lipinski definition) is 1. The van der Waals surface area contributed by atoms with E-state index in [1.165, 1.54) is 6.07 Å². The van der Waals surface area contributed by atoms with Crippen LogP contribution in [0.25, 0.3) is 22.2 Å². The van der Waals surface area contributed by atoms with Crippen LogP contribution in [0, 0.1) is 0 Å². The molecule has 5 nitrogen and oxygen atoms in total. The number of carbonyl (C=O) groups is 2. The molecule has 0 aliphatic carbocycles. The lowest BCUT2D eigenvalue weighted by molar-refractivity contribution is 0.1000. The van der Waals surface area contributed by atoms with Gasteiger partial charge in [-0.15, -0.1) is 0 Å². The topological polar surface area (TPSA) is 86.2 Å². The number of hydrogen-bond acceptors (Lipinski definition) is 4. The van der Waals surface area contributed by atoms with Crippen LogP contribution in [0.15, 0.2) is 47.0 Å². The molecule has 1 heterocycles. The molecule has 1 aromatic heterocycles. The van der Waals surface area contributed by atoms with E-state index < -0.39 is 5.91 Å². The molecular weight excluding hydrogens is 256 g/mol. The van der Waals surface area contributed by atoms with Gasteiger partial charge in [0, 0.05) is 22.1 Å². The van der Waals surface area contributed by atoms with Gasteiger partial charge in [-0.1, -0.05) is 29.4 Å². The van der Waals surface area contributed by atoms with Crippen molar-refractivity contribution in [2.45, 2.75) is 0 Å². The van der Waals surface area contributed by atoms with E-state index >= 15 is 0 Å². The van der Waals surface area contributed by atoms with Gasteiger partial charge in [0.05, 0.1) is 0 Å². The van der Waals surface area contributed by atoms with Gasteiger partial charge in [-0.25, -0.2) is 0 Å². The highest BCUT2D eigenvalue weighted by Gasteiger charge is 2.14. The third-order valence-electron chi connectivity index (χ3n) is 3.10. The van der Waals surface area contributed by atoms with Crippen LogP contribution >= 0.6 is 0 Å². The second kappa shape index (κ2) is 4.62. The Hall–Kier alpha value is -2.95. The first-order valence-corrected chi connectivity index (χ1v) is 5.94. The normalized spacial score (nSPS) is 10.6. The summed E-state index contributed by atoms with van der Waals surface area (Å²) in [4.78, 5) is 22.2. The van der Waals surface area contributed by atoms with Crippen molar-refractivity contribution in [3.05, 3.63) is 53.6 Å². The van der Waals surface area contributed by atoms with Crippen LogP contribution in [-0.4, -0.2) is 17.4 Å². The Morgan fingerprint density at radius 1 is 1.20 bits per heavy atom. The molecule has 2 N–H and O–H groups in total. The minimum atomic E-state index is -0.529. The summed E-state index contributed by atoms with van der Waals surface area (Å²) in [6, 6.07) is 12.0. The summed E-state index contributed by atoms with van der Waals surface area (Å²) in [7, 11) is 0. The molecule has 0 unspecified atom stereocenters. The summed E-state index contributed by atoms with van der Waals surface area (Å²) in [6.07, 6.45) is 0.771. The fraction of sp³-hybridized carbons (Fsp3) is 0.